The highest BCUT2D eigenvalue weighted by molar-refractivity contribution is 5.64. The molecule has 3 rings (SSSR count). The summed E-state index contributed by atoms with van der Waals surface area (Å²) in [6.45, 7) is 4.58. The van der Waals surface area contributed by atoms with Crippen LogP contribution in [0.5, 0.6) is 5.75 Å². The van der Waals surface area contributed by atoms with Crippen LogP contribution in [0.4, 0.5) is 0 Å². The zero-order valence-corrected chi connectivity index (χ0v) is 11.8. The molecule has 0 bridgehead atoms. The molecule has 0 N–H and O–H groups in total. The van der Waals surface area contributed by atoms with Crippen LogP contribution in [0.15, 0.2) is 54.6 Å². The molecule has 0 aliphatic carbocycles. The Morgan fingerprint density at radius 1 is 1.00 bits per heavy atom. The van der Waals surface area contributed by atoms with Gasteiger partial charge in [0.25, 0.3) is 0 Å². The van der Waals surface area contributed by atoms with Crippen LogP contribution in [0.1, 0.15) is 13.3 Å². The second-order valence-corrected chi connectivity index (χ2v) is 5.53. The summed E-state index contributed by atoms with van der Waals surface area (Å²) >= 11 is 0. The molecule has 0 radical (unpaired) electrons. The van der Waals surface area contributed by atoms with Gasteiger partial charge in [-0.2, -0.15) is 0 Å². The first-order chi connectivity index (χ1) is 9.81. The van der Waals surface area contributed by atoms with Gasteiger partial charge in [0.05, 0.1) is 25.2 Å². The van der Waals surface area contributed by atoms with Gasteiger partial charge in [0.15, 0.2) is 0 Å². The lowest BCUT2D eigenvalue weighted by Crippen LogP contribution is -2.46. The first kappa shape index (κ1) is 13.2. The van der Waals surface area contributed by atoms with Crippen molar-refractivity contribution in [1.29, 1.82) is 0 Å². The number of hydrogen-bond acceptors (Lipinski definition) is 2. The van der Waals surface area contributed by atoms with Crippen molar-refractivity contribution in [2.75, 3.05) is 19.8 Å². The highest BCUT2D eigenvalue weighted by atomic mass is 16.5. The van der Waals surface area contributed by atoms with Crippen LogP contribution in [0.3, 0.4) is 0 Å². The van der Waals surface area contributed by atoms with E-state index < -0.39 is 0 Å². The van der Waals surface area contributed by atoms with Crippen LogP contribution in [0.25, 0.3) is 11.1 Å². The highest BCUT2D eigenvalue weighted by Crippen LogP contribution is 2.32. The van der Waals surface area contributed by atoms with Crippen molar-refractivity contribution in [2.24, 2.45) is 5.41 Å². The van der Waals surface area contributed by atoms with Crippen LogP contribution in [0, 0.1) is 5.41 Å². The van der Waals surface area contributed by atoms with Gasteiger partial charge in [0.2, 0.25) is 0 Å². The molecule has 1 heterocycles. The lowest BCUT2D eigenvalue weighted by atomic mass is 9.84. The maximum absolute atomic E-state index is 5.99. The van der Waals surface area contributed by atoms with E-state index in [1.54, 1.807) is 0 Å². The van der Waals surface area contributed by atoms with Crippen LogP contribution in [0.2, 0.25) is 0 Å². The van der Waals surface area contributed by atoms with E-state index in [2.05, 4.69) is 43.3 Å². The van der Waals surface area contributed by atoms with Gasteiger partial charge < -0.3 is 9.47 Å². The van der Waals surface area contributed by atoms with Gasteiger partial charge in [-0.1, -0.05) is 49.4 Å². The fourth-order valence-electron chi connectivity index (χ4n) is 2.41. The summed E-state index contributed by atoms with van der Waals surface area (Å²) < 4.78 is 11.3. The molecule has 2 aromatic rings. The van der Waals surface area contributed by atoms with E-state index in [1.165, 1.54) is 11.1 Å². The summed E-state index contributed by atoms with van der Waals surface area (Å²) in [6.07, 6.45) is 1.10. The Labute approximate surface area is 120 Å². The fourth-order valence-corrected chi connectivity index (χ4v) is 2.41. The first-order valence-corrected chi connectivity index (χ1v) is 7.17. The van der Waals surface area contributed by atoms with Crippen molar-refractivity contribution in [1.82, 2.24) is 0 Å². The van der Waals surface area contributed by atoms with E-state index in [0.29, 0.717) is 0 Å². The molecule has 0 aromatic heterocycles. The van der Waals surface area contributed by atoms with Crippen LogP contribution >= 0.6 is 0 Å². The Morgan fingerprint density at radius 3 is 2.40 bits per heavy atom. The molecule has 2 nitrogen and oxygen atoms in total. The third-order valence-electron chi connectivity index (χ3n) is 4.05. The van der Waals surface area contributed by atoms with Crippen molar-refractivity contribution in [3.8, 4) is 16.9 Å². The smallest absolute Gasteiger partial charge is 0.119 e. The molecule has 0 atom stereocenters. The van der Waals surface area contributed by atoms with E-state index in [1.807, 2.05) is 18.2 Å². The summed E-state index contributed by atoms with van der Waals surface area (Å²) in [5.41, 5.74) is 2.64. The van der Waals surface area contributed by atoms with Gasteiger partial charge >= 0.3 is 0 Å². The van der Waals surface area contributed by atoms with Gasteiger partial charge in [-0.05, 0) is 29.7 Å². The SMILES string of the molecule is CCC1(COc2cccc(-c3ccccc3)c2)COC1. The topological polar surface area (TPSA) is 18.5 Å². The van der Waals surface area contributed by atoms with E-state index in [0.717, 1.165) is 32.0 Å². The predicted octanol–water partition coefficient (Wildman–Crippen LogP) is 4.16. The molecule has 0 saturated carbocycles. The molecular weight excluding hydrogens is 248 g/mol. The molecule has 0 amide bonds. The van der Waals surface area contributed by atoms with Crippen LogP contribution < -0.4 is 4.74 Å². The molecule has 1 aliphatic rings. The molecule has 2 heteroatoms. The van der Waals surface area contributed by atoms with E-state index in [-0.39, 0.29) is 5.41 Å². The Kier molecular flexibility index (Phi) is 3.75. The lowest BCUT2D eigenvalue weighted by molar-refractivity contribution is -0.133. The average Bonchev–Trinajstić information content (AvgIpc) is 2.48. The Hall–Kier alpha value is -1.80. The van der Waals surface area contributed by atoms with Gasteiger partial charge in [0.1, 0.15) is 5.75 Å². The van der Waals surface area contributed by atoms with Crippen LogP contribution in [-0.2, 0) is 4.74 Å². The molecule has 0 spiro atoms. The second kappa shape index (κ2) is 5.68. The second-order valence-electron chi connectivity index (χ2n) is 5.53. The fraction of sp³-hybridized carbons (Fsp3) is 0.333. The monoisotopic (exact) mass is 268 g/mol. The molecular formula is C18H20O2. The standard InChI is InChI=1S/C18H20O2/c1-2-18(12-19-13-18)14-20-17-10-6-9-16(11-17)15-7-4-3-5-8-15/h3-11H,2,12-14H2,1H3. The number of ether oxygens (including phenoxy) is 2. The summed E-state index contributed by atoms with van der Waals surface area (Å²) in [5.74, 6) is 0.936. The number of benzene rings is 2. The molecule has 104 valence electrons. The highest BCUT2D eigenvalue weighted by Gasteiger charge is 2.37. The van der Waals surface area contributed by atoms with Gasteiger partial charge in [-0.15, -0.1) is 0 Å². The first-order valence-electron chi connectivity index (χ1n) is 7.17. The summed E-state index contributed by atoms with van der Waals surface area (Å²) in [6, 6.07) is 18.7. The molecule has 2 aromatic carbocycles. The van der Waals surface area contributed by atoms with Crippen molar-refractivity contribution in [3.05, 3.63) is 54.6 Å². The predicted molar refractivity (Wildman–Crippen MR) is 80.9 cm³/mol. The number of rotatable bonds is 5. The van der Waals surface area contributed by atoms with E-state index in [4.69, 9.17) is 9.47 Å². The lowest BCUT2D eigenvalue weighted by Gasteiger charge is -2.40. The summed E-state index contributed by atoms with van der Waals surface area (Å²) in [4.78, 5) is 0. The van der Waals surface area contributed by atoms with Crippen LogP contribution in [-0.4, -0.2) is 19.8 Å². The van der Waals surface area contributed by atoms with Gasteiger partial charge in [0, 0.05) is 0 Å². The largest absolute Gasteiger partial charge is 0.493 e. The molecule has 1 fully saturated rings. The summed E-state index contributed by atoms with van der Waals surface area (Å²) in [7, 11) is 0. The van der Waals surface area contributed by atoms with Crippen molar-refractivity contribution in [3.63, 3.8) is 0 Å². The zero-order chi connectivity index (χ0) is 13.8. The van der Waals surface area contributed by atoms with Crippen molar-refractivity contribution < 1.29 is 9.47 Å². The minimum atomic E-state index is 0.225. The normalized spacial score (nSPS) is 16.4. The maximum Gasteiger partial charge on any atom is 0.119 e. The number of hydrogen-bond donors (Lipinski definition) is 0. The van der Waals surface area contributed by atoms with Gasteiger partial charge in [-0.25, -0.2) is 0 Å². The minimum absolute atomic E-state index is 0.225. The van der Waals surface area contributed by atoms with Crippen molar-refractivity contribution in [2.45, 2.75) is 13.3 Å². The minimum Gasteiger partial charge on any atom is -0.493 e. The van der Waals surface area contributed by atoms with E-state index >= 15 is 0 Å². The molecule has 0 unspecified atom stereocenters. The third-order valence-corrected chi connectivity index (χ3v) is 4.05. The Bertz CT molecular complexity index is 553. The third kappa shape index (κ3) is 2.70. The Morgan fingerprint density at radius 2 is 1.75 bits per heavy atom. The maximum atomic E-state index is 5.99. The van der Waals surface area contributed by atoms with E-state index in [9.17, 15) is 0 Å². The molecule has 1 saturated heterocycles. The quantitative estimate of drug-likeness (QED) is 0.810. The summed E-state index contributed by atoms with van der Waals surface area (Å²) in [5, 5.41) is 0. The average molecular weight is 268 g/mol. The van der Waals surface area contributed by atoms with Crippen molar-refractivity contribution >= 4 is 0 Å². The zero-order valence-electron chi connectivity index (χ0n) is 11.8. The van der Waals surface area contributed by atoms with Gasteiger partial charge in [-0.3, -0.25) is 0 Å². The molecule has 1 aliphatic heterocycles. The Balaban J connectivity index is 1.72. The molecule has 20 heavy (non-hydrogen) atoms.